The van der Waals surface area contributed by atoms with Crippen molar-refractivity contribution in [1.29, 1.82) is 0 Å². The van der Waals surface area contributed by atoms with Gasteiger partial charge in [0.15, 0.2) is 0 Å². The van der Waals surface area contributed by atoms with E-state index in [1.54, 1.807) is 24.5 Å². The Labute approximate surface area is 147 Å². The molecule has 25 heavy (non-hydrogen) atoms. The van der Waals surface area contributed by atoms with Gasteiger partial charge < -0.3 is 9.64 Å². The van der Waals surface area contributed by atoms with Crippen molar-refractivity contribution in [2.45, 2.75) is 25.1 Å². The highest BCUT2D eigenvalue weighted by Crippen LogP contribution is 2.25. The molecule has 0 aromatic carbocycles. The van der Waals surface area contributed by atoms with Gasteiger partial charge in [-0.25, -0.2) is 0 Å². The molecular weight excluding hydrogens is 316 g/mol. The number of morpholine rings is 1. The maximum atomic E-state index is 12.9. The molecule has 1 amide bonds. The van der Waals surface area contributed by atoms with Crippen LogP contribution in [0.4, 0.5) is 0 Å². The van der Waals surface area contributed by atoms with Crippen LogP contribution in [-0.2, 0) is 11.3 Å². The molecule has 2 saturated heterocycles. The molecule has 0 saturated carbocycles. The molecule has 2 aliphatic rings. The van der Waals surface area contributed by atoms with Crippen molar-refractivity contribution in [3.05, 3.63) is 60.2 Å². The summed E-state index contributed by atoms with van der Waals surface area (Å²) in [4.78, 5) is 25.7. The average molecular weight is 338 g/mol. The highest BCUT2D eigenvalue weighted by molar-refractivity contribution is 5.94. The lowest BCUT2D eigenvalue weighted by molar-refractivity contribution is -0.0915. The summed E-state index contributed by atoms with van der Waals surface area (Å²) in [5, 5.41) is 0. The molecule has 0 unspecified atom stereocenters. The second kappa shape index (κ2) is 7.29. The minimum atomic E-state index is 0.0698. The molecule has 2 fully saturated rings. The summed E-state index contributed by atoms with van der Waals surface area (Å²) in [6.45, 7) is 3.84. The van der Waals surface area contributed by atoms with Crippen LogP contribution in [0, 0.1) is 0 Å². The topological polar surface area (TPSA) is 58.6 Å². The molecule has 130 valence electrons. The molecule has 6 nitrogen and oxygen atoms in total. The quantitative estimate of drug-likeness (QED) is 0.851. The number of fused-ring (bicyclic) bond motifs is 1. The Morgan fingerprint density at radius 2 is 2.04 bits per heavy atom. The van der Waals surface area contributed by atoms with Crippen LogP contribution in [0.2, 0.25) is 0 Å². The summed E-state index contributed by atoms with van der Waals surface area (Å²) in [5.41, 5.74) is 1.75. The number of likely N-dealkylation sites (tertiary alicyclic amines) is 1. The zero-order chi connectivity index (χ0) is 17.1. The fraction of sp³-hybridized carbons (Fsp3) is 0.421. The monoisotopic (exact) mass is 338 g/mol. The first kappa shape index (κ1) is 16.2. The van der Waals surface area contributed by atoms with Crippen molar-refractivity contribution in [1.82, 2.24) is 19.8 Å². The van der Waals surface area contributed by atoms with E-state index in [2.05, 4.69) is 14.9 Å². The normalized spacial score (nSPS) is 23.9. The van der Waals surface area contributed by atoms with E-state index in [0.717, 1.165) is 31.7 Å². The smallest absolute Gasteiger partial charge is 0.254 e. The molecule has 0 spiro atoms. The van der Waals surface area contributed by atoms with Gasteiger partial charge in [-0.05, 0) is 30.7 Å². The van der Waals surface area contributed by atoms with Gasteiger partial charge in [-0.1, -0.05) is 6.07 Å². The maximum absolute atomic E-state index is 12.9. The van der Waals surface area contributed by atoms with Crippen molar-refractivity contribution < 1.29 is 9.53 Å². The van der Waals surface area contributed by atoms with Gasteiger partial charge in [0.1, 0.15) is 0 Å². The Kier molecular flexibility index (Phi) is 4.72. The number of aromatic nitrogens is 2. The zero-order valence-corrected chi connectivity index (χ0v) is 14.1. The number of piperidine rings is 1. The second-order valence-electron chi connectivity index (χ2n) is 6.56. The van der Waals surface area contributed by atoms with Crippen LogP contribution in [0.25, 0.3) is 0 Å². The molecular formula is C19H22N4O2. The van der Waals surface area contributed by atoms with E-state index in [0.29, 0.717) is 18.7 Å². The predicted octanol–water partition coefficient (Wildman–Crippen LogP) is 1.59. The molecule has 0 bridgehead atoms. The molecule has 2 aliphatic heterocycles. The van der Waals surface area contributed by atoms with Gasteiger partial charge in [0.2, 0.25) is 0 Å². The van der Waals surface area contributed by atoms with Crippen molar-refractivity contribution in [3.63, 3.8) is 0 Å². The van der Waals surface area contributed by atoms with Gasteiger partial charge in [-0.3, -0.25) is 19.7 Å². The van der Waals surface area contributed by atoms with Crippen LogP contribution in [0.15, 0.2) is 48.9 Å². The van der Waals surface area contributed by atoms with Crippen LogP contribution in [0.5, 0.6) is 0 Å². The lowest BCUT2D eigenvalue weighted by Gasteiger charge is -2.47. The second-order valence-corrected chi connectivity index (χ2v) is 6.56. The Morgan fingerprint density at radius 3 is 2.84 bits per heavy atom. The summed E-state index contributed by atoms with van der Waals surface area (Å²) in [7, 11) is 0. The van der Waals surface area contributed by atoms with Crippen LogP contribution in [0.3, 0.4) is 0 Å². The van der Waals surface area contributed by atoms with Crippen LogP contribution < -0.4 is 0 Å². The lowest BCUT2D eigenvalue weighted by Crippen LogP contribution is -2.61. The van der Waals surface area contributed by atoms with E-state index in [1.807, 2.05) is 29.3 Å². The SMILES string of the molecule is O=C(c1ccncc1)N1CCO[C@H]2CCN(Cc3ccccn3)C[C@@H]21. The average Bonchev–Trinajstić information content (AvgIpc) is 2.68. The van der Waals surface area contributed by atoms with Gasteiger partial charge in [-0.15, -0.1) is 0 Å². The summed E-state index contributed by atoms with van der Waals surface area (Å²) in [5.74, 6) is 0.0698. The number of carbonyl (C=O) groups is 1. The third-order valence-corrected chi connectivity index (χ3v) is 4.97. The van der Waals surface area contributed by atoms with E-state index < -0.39 is 0 Å². The maximum Gasteiger partial charge on any atom is 0.254 e. The number of ether oxygens (including phenoxy) is 1. The van der Waals surface area contributed by atoms with Crippen LogP contribution >= 0.6 is 0 Å². The number of nitrogens with zero attached hydrogens (tertiary/aromatic N) is 4. The first-order valence-electron chi connectivity index (χ1n) is 8.76. The number of pyridine rings is 2. The fourth-order valence-corrected chi connectivity index (χ4v) is 3.71. The molecule has 4 heterocycles. The van der Waals surface area contributed by atoms with Crippen LogP contribution in [-0.4, -0.2) is 64.1 Å². The number of rotatable bonds is 3. The number of carbonyl (C=O) groups excluding carboxylic acids is 1. The Morgan fingerprint density at radius 1 is 1.16 bits per heavy atom. The van der Waals surface area contributed by atoms with Crippen LogP contribution in [0.1, 0.15) is 22.5 Å². The molecule has 4 rings (SSSR count). The van der Waals surface area contributed by atoms with E-state index in [1.165, 1.54) is 0 Å². The molecule has 2 aromatic heterocycles. The number of hydrogen-bond donors (Lipinski definition) is 0. The standard InChI is InChI=1S/C19H22N4O2/c24-19(15-4-8-20-9-5-15)23-11-12-25-18-6-10-22(14-17(18)23)13-16-3-1-2-7-21-16/h1-5,7-9,17-18H,6,10-14H2/t17-,18-/m0/s1. The highest BCUT2D eigenvalue weighted by Gasteiger charge is 2.39. The van der Waals surface area contributed by atoms with Gasteiger partial charge in [0.05, 0.1) is 24.4 Å². The van der Waals surface area contributed by atoms with E-state index in [-0.39, 0.29) is 18.1 Å². The van der Waals surface area contributed by atoms with Gasteiger partial charge in [0.25, 0.3) is 5.91 Å². The van der Waals surface area contributed by atoms with Crippen molar-refractivity contribution in [2.24, 2.45) is 0 Å². The summed E-state index contributed by atoms with van der Waals surface area (Å²) >= 11 is 0. The largest absolute Gasteiger partial charge is 0.374 e. The molecule has 2 atom stereocenters. The van der Waals surface area contributed by atoms with E-state index >= 15 is 0 Å². The van der Waals surface area contributed by atoms with E-state index in [9.17, 15) is 4.79 Å². The summed E-state index contributed by atoms with van der Waals surface area (Å²) in [6, 6.07) is 9.64. The van der Waals surface area contributed by atoms with E-state index in [4.69, 9.17) is 4.74 Å². The lowest BCUT2D eigenvalue weighted by atomic mass is 9.97. The number of amides is 1. The van der Waals surface area contributed by atoms with Gasteiger partial charge in [0, 0.05) is 50.3 Å². The summed E-state index contributed by atoms with van der Waals surface area (Å²) < 4.78 is 5.95. The summed E-state index contributed by atoms with van der Waals surface area (Å²) in [6.07, 6.45) is 6.22. The Hall–Kier alpha value is -2.31. The minimum Gasteiger partial charge on any atom is -0.374 e. The third kappa shape index (κ3) is 3.55. The molecule has 0 N–H and O–H groups in total. The molecule has 0 aliphatic carbocycles. The highest BCUT2D eigenvalue weighted by atomic mass is 16.5. The van der Waals surface area contributed by atoms with Gasteiger partial charge >= 0.3 is 0 Å². The molecule has 0 radical (unpaired) electrons. The Bertz CT molecular complexity index is 710. The van der Waals surface area contributed by atoms with Crippen molar-refractivity contribution >= 4 is 5.91 Å². The third-order valence-electron chi connectivity index (χ3n) is 4.97. The fourth-order valence-electron chi connectivity index (χ4n) is 3.71. The van der Waals surface area contributed by atoms with Gasteiger partial charge in [-0.2, -0.15) is 0 Å². The zero-order valence-electron chi connectivity index (χ0n) is 14.1. The predicted molar refractivity (Wildman–Crippen MR) is 92.9 cm³/mol. The molecule has 6 heteroatoms. The van der Waals surface area contributed by atoms with Crippen molar-refractivity contribution in [2.75, 3.05) is 26.2 Å². The molecule has 2 aromatic rings. The minimum absolute atomic E-state index is 0.0698. The number of hydrogen-bond acceptors (Lipinski definition) is 5. The Balaban J connectivity index is 1.49. The first-order valence-corrected chi connectivity index (χ1v) is 8.76. The van der Waals surface area contributed by atoms with Crippen molar-refractivity contribution in [3.8, 4) is 0 Å². The first-order chi connectivity index (χ1) is 12.3.